The minimum atomic E-state index is 0.577. The van der Waals surface area contributed by atoms with E-state index in [0.29, 0.717) is 16.8 Å². The molecule has 1 aromatic heterocycles. The predicted octanol–water partition coefficient (Wildman–Crippen LogP) is 7.38. The molecule has 0 saturated carbocycles. The molecule has 33 heavy (non-hydrogen) atoms. The van der Waals surface area contributed by atoms with Crippen LogP contribution in [0.2, 0.25) is 5.02 Å². The van der Waals surface area contributed by atoms with Crippen molar-refractivity contribution in [2.24, 2.45) is 4.99 Å². The molecule has 4 aromatic carbocycles. The highest BCUT2D eigenvalue weighted by atomic mass is 35.5. The van der Waals surface area contributed by atoms with E-state index >= 15 is 0 Å². The first-order valence-corrected chi connectivity index (χ1v) is 11.0. The second kappa shape index (κ2) is 9.55. The van der Waals surface area contributed by atoms with Gasteiger partial charge in [0.1, 0.15) is 5.84 Å². The molecule has 160 valence electrons. The van der Waals surface area contributed by atoms with E-state index in [1.54, 1.807) is 0 Å². The molecule has 4 nitrogen and oxygen atoms in total. The third-order valence-corrected chi connectivity index (χ3v) is 5.41. The molecule has 0 aliphatic carbocycles. The van der Waals surface area contributed by atoms with E-state index in [0.717, 1.165) is 28.2 Å². The molecule has 0 saturated heterocycles. The summed E-state index contributed by atoms with van der Waals surface area (Å²) in [5, 5.41) is 4.15. The van der Waals surface area contributed by atoms with Crippen LogP contribution in [0.15, 0.2) is 126 Å². The zero-order valence-electron chi connectivity index (χ0n) is 17.8. The maximum atomic E-state index is 6.09. The minimum absolute atomic E-state index is 0.577. The van der Waals surface area contributed by atoms with Crippen LogP contribution in [0.1, 0.15) is 5.56 Å². The average Bonchev–Trinajstić information content (AvgIpc) is 3.29. The van der Waals surface area contributed by atoms with Crippen LogP contribution in [-0.2, 0) is 0 Å². The number of aromatic nitrogens is 2. The van der Waals surface area contributed by atoms with Crippen molar-refractivity contribution < 1.29 is 0 Å². The Kier molecular flexibility index (Phi) is 6.00. The summed E-state index contributed by atoms with van der Waals surface area (Å²) in [6.45, 7) is 0. The Morgan fingerprint density at radius 3 is 2.00 bits per heavy atom. The molecular formula is C28H21ClN4. The van der Waals surface area contributed by atoms with Crippen LogP contribution in [0.3, 0.4) is 0 Å². The Hall–Kier alpha value is -4.15. The predicted molar refractivity (Wildman–Crippen MR) is 137 cm³/mol. The smallest absolute Gasteiger partial charge is 0.236 e. The molecule has 0 aliphatic heterocycles. The first kappa shape index (κ1) is 20.7. The van der Waals surface area contributed by atoms with Crippen LogP contribution in [0.25, 0.3) is 16.9 Å². The van der Waals surface area contributed by atoms with E-state index in [1.807, 2.05) is 126 Å². The number of benzene rings is 4. The number of hydrogen-bond acceptors (Lipinski definition) is 2. The lowest BCUT2D eigenvalue weighted by Gasteiger charge is -2.11. The van der Waals surface area contributed by atoms with Gasteiger partial charge < -0.3 is 5.32 Å². The summed E-state index contributed by atoms with van der Waals surface area (Å²) in [6.07, 6.45) is 2.00. The Bertz CT molecular complexity index is 1360. The van der Waals surface area contributed by atoms with Gasteiger partial charge in [-0.2, -0.15) is 4.99 Å². The number of amidine groups is 1. The summed E-state index contributed by atoms with van der Waals surface area (Å²) in [4.78, 5) is 9.88. The quantitative estimate of drug-likeness (QED) is 0.225. The lowest BCUT2D eigenvalue weighted by atomic mass is 10.2. The Labute approximate surface area is 197 Å². The van der Waals surface area contributed by atoms with Gasteiger partial charge in [-0.15, -0.1) is 0 Å². The van der Waals surface area contributed by atoms with Gasteiger partial charge >= 0.3 is 0 Å². The van der Waals surface area contributed by atoms with E-state index in [1.165, 1.54) is 0 Å². The van der Waals surface area contributed by atoms with Crippen molar-refractivity contribution in [3.63, 3.8) is 0 Å². The number of anilines is 1. The fourth-order valence-corrected chi connectivity index (χ4v) is 3.63. The van der Waals surface area contributed by atoms with Crippen LogP contribution in [0, 0.1) is 0 Å². The molecule has 0 spiro atoms. The number of nitrogens with zero attached hydrogens (tertiary/aromatic N) is 3. The molecule has 0 aliphatic rings. The third-order valence-electron chi connectivity index (χ3n) is 5.16. The molecule has 1 N–H and O–H groups in total. The van der Waals surface area contributed by atoms with E-state index in [4.69, 9.17) is 21.6 Å². The summed E-state index contributed by atoms with van der Waals surface area (Å²) in [7, 11) is 0. The minimum Gasteiger partial charge on any atom is -0.340 e. The van der Waals surface area contributed by atoms with Crippen LogP contribution in [0.4, 0.5) is 11.6 Å². The fourth-order valence-electron chi connectivity index (χ4n) is 3.51. The monoisotopic (exact) mass is 448 g/mol. The Morgan fingerprint density at radius 2 is 1.33 bits per heavy atom. The average molecular weight is 449 g/mol. The lowest BCUT2D eigenvalue weighted by Crippen LogP contribution is -2.13. The number of nitrogens with one attached hydrogen (secondary N) is 1. The maximum absolute atomic E-state index is 6.09. The number of para-hydroxylation sites is 2. The van der Waals surface area contributed by atoms with Gasteiger partial charge in [0, 0.05) is 33.7 Å². The highest BCUT2D eigenvalue weighted by Gasteiger charge is 2.13. The lowest BCUT2D eigenvalue weighted by molar-refractivity contribution is 1.04. The normalized spacial score (nSPS) is 11.4. The molecule has 0 atom stereocenters. The number of aliphatic imine (C=N–C) groups is 1. The molecule has 5 aromatic rings. The van der Waals surface area contributed by atoms with Gasteiger partial charge in [-0.1, -0.05) is 90.5 Å². The largest absolute Gasteiger partial charge is 0.340 e. The van der Waals surface area contributed by atoms with Gasteiger partial charge in [-0.3, -0.25) is 4.57 Å². The number of imidazole rings is 1. The van der Waals surface area contributed by atoms with Crippen LogP contribution < -0.4 is 5.32 Å². The van der Waals surface area contributed by atoms with Gasteiger partial charge in [0.15, 0.2) is 0 Å². The maximum Gasteiger partial charge on any atom is 0.236 e. The first-order valence-electron chi connectivity index (χ1n) is 10.6. The second-order valence-electron chi connectivity index (χ2n) is 7.46. The van der Waals surface area contributed by atoms with Crippen molar-refractivity contribution in [2.45, 2.75) is 0 Å². The molecule has 5 rings (SSSR count). The summed E-state index contributed by atoms with van der Waals surface area (Å²) >= 11 is 6.09. The van der Waals surface area contributed by atoms with E-state index in [-0.39, 0.29) is 0 Å². The van der Waals surface area contributed by atoms with Gasteiger partial charge in [0.25, 0.3) is 0 Å². The zero-order chi connectivity index (χ0) is 22.5. The van der Waals surface area contributed by atoms with E-state index < -0.39 is 0 Å². The summed E-state index contributed by atoms with van der Waals surface area (Å²) < 4.78 is 2.00. The van der Waals surface area contributed by atoms with Gasteiger partial charge in [0.2, 0.25) is 5.95 Å². The Morgan fingerprint density at radius 1 is 0.727 bits per heavy atom. The van der Waals surface area contributed by atoms with Crippen molar-refractivity contribution in [2.75, 3.05) is 5.32 Å². The summed E-state index contributed by atoms with van der Waals surface area (Å²) in [6, 6.07) is 37.8. The molecule has 0 radical (unpaired) electrons. The van der Waals surface area contributed by atoms with Crippen molar-refractivity contribution in [3.8, 4) is 16.9 Å². The zero-order valence-corrected chi connectivity index (χ0v) is 18.5. The molecule has 0 bridgehead atoms. The SMILES string of the molecule is Clc1ccc(-c2cn(-c3ccccc3)c(/N=C(/Nc3ccccc3)c3ccccc3)n2)cc1. The molecule has 0 amide bonds. The first-order chi connectivity index (χ1) is 16.3. The van der Waals surface area contributed by atoms with Crippen LogP contribution >= 0.6 is 11.6 Å². The number of hydrogen-bond donors (Lipinski definition) is 1. The second-order valence-corrected chi connectivity index (χ2v) is 7.89. The number of halogens is 1. The highest BCUT2D eigenvalue weighted by Crippen LogP contribution is 2.27. The molecule has 1 heterocycles. The van der Waals surface area contributed by atoms with Crippen molar-refractivity contribution in [1.29, 1.82) is 0 Å². The summed E-state index contributed by atoms with van der Waals surface area (Å²) in [5.41, 5.74) is 4.70. The third kappa shape index (κ3) is 4.86. The van der Waals surface area contributed by atoms with Gasteiger partial charge in [-0.25, -0.2) is 4.98 Å². The molecule has 0 unspecified atom stereocenters. The highest BCUT2D eigenvalue weighted by molar-refractivity contribution is 6.30. The topological polar surface area (TPSA) is 42.2 Å². The van der Waals surface area contributed by atoms with Gasteiger partial charge in [-0.05, 0) is 36.4 Å². The Balaban J connectivity index is 1.65. The van der Waals surface area contributed by atoms with E-state index in [9.17, 15) is 0 Å². The van der Waals surface area contributed by atoms with Crippen molar-refractivity contribution in [1.82, 2.24) is 9.55 Å². The van der Waals surface area contributed by atoms with Crippen molar-refractivity contribution in [3.05, 3.63) is 132 Å². The van der Waals surface area contributed by atoms with Gasteiger partial charge in [0.05, 0.1) is 5.69 Å². The van der Waals surface area contributed by atoms with Crippen LogP contribution in [-0.4, -0.2) is 15.4 Å². The number of rotatable bonds is 5. The summed E-state index contributed by atoms with van der Waals surface area (Å²) in [5.74, 6) is 1.29. The molecular weight excluding hydrogens is 428 g/mol. The van der Waals surface area contributed by atoms with E-state index in [2.05, 4.69) is 5.32 Å². The molecule has 5 heteroatoms. The standard InChI is InChI=1S/C28H21ClN4/c29-23-18-16-21(17-19-23)26-20-33(25-14-8-3-9-15-25)28(31-26)32-27(22-10-4-1-5-11-22)30-24-12-6-2-7-13-24/h1-20H,(H,30,31,32). The fraction of sp³-hybridized carbons (Fsp3) is 0. The van der Waals surface area contributed by atoms with Crippen LogP contribution in [0.5, 0.6) is 0 Å². The molecule has 0 fully saturated rings. The van der Waals surface area contributed by atoms with Crippen molar-refractivity contribution >= 4 is 29.1 Å².